The van der Waals surface area contributed by atoms with Crippen LogP contribution in [0.1, 0.15) is 15.9 Å². The highest BCUT2D eigenvalue weighted by atomic mass is 79.9. The molecule has 1 aromatic rings. The number of alkyl halides is 3. The summed E-state index contributed by atoms with van der Waals surface area (Å²) in [4.78, 5) is 10.9. The van der Waals surface area contributed by atoms with Gasteiger partial charge in [-0.2, -0.15) is 13.2 Å². The molecule has 0 aromatic heterocycles. The van der Waals surface area contributed by atoms with Gasteiger partial charge in [-0.3, -0.25) is 4.79 Å². The number of rotatable bonds is 2. The highest BCUT2D eigenvalue weighted by molar-refractivity contribution is 9.10. The van der Waals surface area contributed by atoms with Gasteiger partial charge in [0.2, 0.25) is 5.91 Å². The van der Waals surface area contributed by atoms with Crippen molar-refractivity contribution in [3.63, 3.8) is 0 Å². The lowest BCUT2D eigenvalue weighted by Crippen LogP contribution is -2.19. The summed E-state index contributed by atoms with van der Waals surface area (Å²) in [6.45, 7) is 0. The Kier molecular flexibility index (Phi) is 3.47. The molecule has 0 atom stereocenters. The van der Waals surface area contributed by atoms with E-state index in [-0.39, 0.29) is 10.2 Å². The van der Waals surface area contributed by atoms with Crippen LogP contribution in [0.2, 0.25) is 0 Å². The van der Waals surface area contributed by atoms with E-state index in [1.165, 1.54) is 7.11 Å². The molecule has 1 amide bonds. The summed E-state index contributed by atoms with van der Waals surface area (Å²) in [5.41, 5.74) is 3.17. The number of primary amides is 1. The Morgan fingerprint density at radius 1 is 1.44 bits per heavy atom. The Morgan fingerprint density at radius 2 is 2.00 bits per heavy atom. The van der Waals surface area contributed by atoms with Crippen LogP contribution in [-0.2, 0) is 6.18 Å². The first kappa shape index (κ1) is 12.8. The second kappa shape index (κ2) is 4.32. The molecule has 2 N–H and O–H groups in total. The number of halogens is 4. The SMILES string of the molecule is COc1cc(C(N)=O)c(C(F)(F)F)cc1Br. The van der Waals surface area contributed by atoms with E-state index in [9.17, 15) is 18.0 Å². The van der Waals surface area contributed by atoms with Crippen LogP contribution in [0.4, 0.5) is 13.2 Å². The fourth-order valence-electron chi connectivity index (χ4n) is 1.15. The van der Waals surface area contributed by atoms with E-state index < -0.39 is 23.2 Å². The number of carbonyl (C=O) groups excluding carboxylic acids is 1. The molecule has 0 aliphatic rings. The van der Waals surface area contributed by atoms with Crippen LogP contribution >= 0.6 is 15.9 Å². The van der Waals surface area contributed by atoms with E-state index in [1.807, 2.05) is 0 Å². The third kappa shape index (κ3) is 2.46. The van der Waals surface area contributed by atoms with Gasteiger partial charge in [0.1, 0.15) is 5.75 Å². The molecule has 0 unspecified atom stereocenters. The molecule has 0 heterocycles. The third-order valence-corrected chi connectivity index (χ3v) is 2.48. The van der Waals surface area contributed by atoms with Gasteiger partial charge in [0.15, 0.2) is 0 Å². The molecule has 88 valence electrons. The second-order valence-corrected chi connectivity index (χ2v) is 3.75. The minimum absolute atomic E-state index is 0.104. The summed E-state index contributed by atoms with van der Waals surface area (Å²) in [6.07, 6.45) is -4.64. The molecule has 0 aliphatic heterocycles. The average Bonchev–Trinajstić information content (AvgIpc) is 2.15. The molecular formula is C9H7BrF3NO2. The largest absolute Gasteiger partial charge is 0.496 e. The molecular weight excluding hydrogens is 291 g/mol. The van der Waals surface area contributed by atoms with Crippen LogP contribution in [0, 0.1) is 0 Å². The monoisotopic (exact) mass is 297 g/mol. The summed E-state index contributed by atoms with van der Waals surface area (Å²) >= 11 is 2.91. The van der Waals surface area contributed by atoms with Crippen LogP contribution in [0.25, 0.3) is 0 Å². The first-order valence-corrected chi connectivity index (χ1v) is 4.81. The molecule has 3 nitrogen and oxygen atoms in total. The number of hydrogen-bond donors (Lipinski definition) is 1. The Bertz CT molecular complexity index is 431. The van der Waals surface area contributed by atoms with Crippen molar-refractivity contribution in [1.82, 2.24) is 0 Å². The van der Waals surface area contributed by atoms with Crippen molar-refractivity contribution in [2.45, 2.75) is 6.18 Å². The fraction of sp³-hybridized carbons (Fsp3) is 0.222. The van der Waals surface area contributed by atoms with E-state index >= 15 is 0 Å². The first-order valence-electron chi connectivity index (χ1n) is 4.02. The maximum absolute atomic E-state index is 12.6. The maximum atomic E-state index is 12.6. The molecule has 16 heavy (non-hydrogen) atoms. The highest BCUT2D eigenvalue weighted by Gasteiger charge is 2.35. The van der Waals surface area contributed by atoms with Crippen LogP contribution in [-0.4, -0.2) is 13.0 Å². The van der Waals surface area contributed by atoms with Crippen molar-refractivity contribution in [1.29, 1.82) is 0 Å². The molecule has 0 spiro atoms. The molecule has 0 saturated carbocycles. The Morgan fingerprint density at radius 3 is 2.38 bits per heavy atom. The van der Waals surface area contributed by atoms with Crippen molar-refractivity contribution < 1.29 is 22.7 Å². The lowest BCUT2D eigenvalue weighted by Gasteiger charge is -2.13. The van der Waals surface area contributed by atoms with Gasteiger partial charge in [-0.05, 0) is 28.1 Å². The average molecular weight is 298 g/mol. The standard InChI is InChI=1S/C9H7BrF3NO2/c1-16-7-2-4(8(14)15)5(3-6(7)10)9(11,12)13/h2-3H,1H3,(H2,14,15). The first-order chi connectivity index (χ1) is 7.27. The Labute approximate surface area is 97.5 Å². The van der Waals surface area contributed by atoms with Gasteiger partial charge < -0.3 is 10.5 Å². The molecule has 1 aromatic carbocycles. The van der Waals surface area contributed by atoms with Gasteiger partial charge in [0, 0.05) is 0 Å². The number of carbonyl (C=O) groups is 1. The van der Waals surface area contributed by atoms with E-state index in [2.05, 4.69) is 15.9 Å². The van der Waals surface area contributed by atoms with Gasteiger partial charge in [0.25, 0.3) is 0 Å². The Balaban J connectivity index is 3.49. The zero-order valence-corrected chi connectivity index (χ0v) is 9.65. The predicted octanol–water partition coefficient (Wildman–Crippen LogP) is 2.58. The molecule has 0 aliphatic carbocycles. The molecule has 1 rings (SSSR count). The maximum Gasteiger partial charge on any atom is 0.417 e. The number of nitrogens with two attached hydrogens (primary N) is 1. The molecule has 7 heteroatoms. The van der Waals surface area contributed by atoms with Crippen molar-refractivity contribution in [2.24, 2.45) is 5.73 Å². The quantitative estimate of drug-likeness (QED) is 0.912. The van der Waals surface area contributed by atoms with E-state index in [4.69, 9.17) is 10.5 Å². The number of ether oxygens (including phenoxy) is 1. The van der Waals surface area contributed by atoms with E-state index in [0.29, 0.717) is 0 Å². The number of amides is 1. The molecule has 0 bridgehead atoms. The predicted molar refractivity (Wildman–Crippen MR) is 54.2 cm³/mol. The van der Waals surface area contributed by atoms with Crippen molar-refractivity contribution >= 4 is 21.8 Å². The van der Waals surface area contributed by atoms with Gasteiger partial charge in [-0.15, -0.1) is 0 Å². The van der Waals surface area contributed by atoms with Crippen LogP contribution in [0.5, 0.6) is 5.75 Å². The molecule has 0 radical (unpaired) electrons. The van der Waals surface area contributed by atoms with Gasteiger partial charge in [-0.25, -0.2) is 0 Å². The van der Waals surface area contributed by atoms with Crippen molar-refractivity contribution in [2.75, 3.05) is 7.11 Å². The zero-order chi connectivity index (χ0) is 12.5. The van der Waals surface area contributed by atoms with E-state index in [1.54, 1.807) is 0 Å². The van der Waals surface area contributed by atoms with Gasteiger partial charge >= 0.3 is 6.18 Å². The fourth-order valence-corrected chi connectivity index (χ4v) is 1.65. The molecule has 0 saturated heterocycles. The highest BCUT2D eigenvalue weighted by Crippen LogP contribution is 2.37. The van der Waals surface area contributed by atoms with Gasteiger partial charge in [0.05, 0.1) is 22.7 Å². The Hall–Kier alpha value is -1.24. The minimum Gasteiger partial charge on any atom is -0.496 e. The summed E-state index contributed by atoms with van der Waals surface area (Å²) < 4.78 is 42.6. The summed E-state index contributed by atoms with van der Waals surface area (Å²) in [7, 11) is 1.28. The van der Waals surface area contributed by atoms with Crippen molar-refractivity contribution in [3.05, 3.63) is 27.7 Å². The van der Waals surface area contributed by atoms with E-state index in [0.717, 1.165) is 12.1 Å². The van der Waals surface area contributed by atoms with Crippen LogP contribution in [0.15, 0.2) is 16.6 Å². The lowest BCUT2D eigenvalue weighted by molar-refractivity contribution is -0.138. The smallest absolute Gasteiger partial charge is 0.417 e. The van der Waals surface area contributed by atoms with Gasteiger partial charge in [-0.1, -0.05) is 0 Å². The van der Waals surface area contributed by atoms with Crippen LogP contribution in [0.3, 0.4) is 0 Å². The second-order valence-electron chi connectivity index (χ2n) is 2.89. The van der Waals surface area contributed by atoms with Crippen LogP contribution < -0.4 is 10.5 Å². The number of methoxy groups -OCH3 is 1. The number of hydrogen-bond acceptors (Lipinski definition) is 2. The zero-order valence-electron chi connectivity index (χ0n) is 8.06. The lowest BCUT2D eigenvalue weighted by atomic mass is 10.1. The normalized spacial score (nSPS) is 11.3. The summed E-state index contributed by atoms with van der Waals surface area (Å²) in [5.74, 6) is -1.04. The summed E-state index contributed by atoms with van der Waals surface area (Å²) in [5, 5.41) is 0. The topological polar surface area (TPSA) is 52.3 Å². The third-order valence-electron chi connectivity index (χ3n) is 1.86. The van der Waals surface area contributed by atoms with Crippen molar-refractivity contribution in [3.8, 4) is 5.75 Å². The molecule has 0 fully saturated rings. The number of benzene rings is 1. The summed E-state index contributed by atoms with van der Waals surface area (Å²) in [6, 6.07) is 1.72. The minimum atomic E-state index is -4.64.